The summed E-state index contributed by atoms with van der Waals surface area (Å²) < 4.78 is 5.34. The van der Waals surface area contributed by atoms with Gasteiger partial charge in [0.05, 0.1) is 5.41 Å². The van der Waals surface area contributed by atoms with Crippen LogP contribution in [-0.4, -0.2) is 18.5 Å². The van der Waals surface area contributed by atoms with Crippen LogP contribution in [-0.2, 0) is 19.7 Å². The molecule has 5 heteroatoms. The minimum atomic E-state index is -0.628. The van der Waals surface area contributed by atoms with Crippen molar-refractivity contribution in [1.29, 1.82) is 0 Å². The van der Waals surface area contributed by atoms with E-state index in [-0.39, 0.29) is 24.4 Å². The molecule has 0 bridgehead atoms. The summed E-state index contributed by atoms with van der Waals surface area (Å²) >= 11 is 5.92. The summed E-state index contributed by atoms with van der Waals surface area (Å²) in [5, 5.41) is 3.53. The average molecular weight is 386 g/mol. The molecule has 1 saturated carbocycles. The zero-order valence-electron chi connectivity index (χ0n) is 15.8. The topological polar surface area (TPSA) is 55.4 Å². The Labute approximate surface area is 164 Å². The normalized spacial score (nSPS) is 14.7. The van der Waals surface area contributed by atoms with Gasteiger partial charge in [0.25, 0.3) is 5.91 Å². The molecule has 0 radical (unpaired) electrons. The van der Waals surface area contributed by atoms with Gasteiger partial charge >= 0.3 is 5.97 Å². The molecule has 0 aromatic heterocycles. The molecule has 0 spiro atoms. The van der Waals surface area contributed by atoms with Crippen LogP contribution in [0.15, 0.2) is 42.5 Å². The predicted octanol–water partition coefficient (Wildman–Crippen LogP) is 4.99. The molecule has 1 aliphatic rings. The summed E-state index contributed by atoms with van der Waals surface area (Å²) in [6, 6.07) is 13.2. The molecule has 4 nitrogen and oxygen atoms in total. The monoisotopic (exact) mass is 385 g/mol. The molecular weight excluding hydrogens is 362 g/mol. The van der Waals surface area contributed by atoms with Crippen molar-refractivity contribution in [2.24, 2.45) is 0 Å². The first-order chi connectivity index (χ1) is 12.8. The molecule has 0 saturated heterocycles. The minimum Gasteiger partial charge on any atom is -0.455 e. The fourth-order valence-electron chi connectivity index (χ4n) is 3.29. The first kappa shape index (κ1) is 19.4. The maximum atomic E-state index is 12.6. The van der Waals surface area contributed by atoms with E-state index in [1.165, 1.54) is 0 Å². The maximum Gasteiger partial charge on any atom is 0.317 e. The van der Waals surface area contributed by atoms with Gasteiger partial charge in [-0.05, 0) is 54.5 Å². The molecule has 1 aliphatic carbocycles. The third-order valence-electron chi connectivity index (χ3n) is 5.06. The molecule has 0 aliphatic heterocycles. The number of rotatable bonds is 6. The minimum absolute atomic E-state index is 0.280. The molecule has 0 heterocycles. The number of hydrogen-bond donors (Lipinski definition) is 1. The molecule has 2 aromatic carbocycles. The lowest BCUT2D eigenvalue weighted by Crippen LogP contribution is -2.28. The van der Waals surface area contributed by atoms with Crippen molar-refractivity contribution < 1.29 is 14.3 Å². The van der Waals surface area contributed by atoms with Crippen LogP contribution < -0.4 is 5.32 Å². The zero-order chi connectivity index (χ0) is 19.6. The van der Waals surface area contributed by atoms with Gasteiger partial charge in [0, 0.05) is 10.7 Å². The summed E-state index contributed by atoms with van der Waals surface area (Å²) in [5.74, 6) is -0.400. The second-order valence-electron chi connectivity index (χ2n) is 7.41. The van der Waals surface area contributed by atoms with Gasteiger partial charge < -0.3 is 10.1 Å². The van der Waals surface area contributed by atoms with Crippen molar-refractivity contribution in [3.63, 3.8) is 0 Å². The summed E-state index contributed by atoms with van der Waals surface area (Å²) in [4.78, 5) is 24.9. The van der Waals surface area contributed by atoms with Crippen LogP contribution in [0.5, 0.6) is 0 Å². The number of amides is 1. The highest BCUT2D eigenvalue weighted by molar-refractivity contribution is 6.30. The average Bonchev–Trinajstić information content (AvgIpc) is 3.43. The molecule has 0 atom stereocenters. The third-order valence-corrected chi connectivity index (χ3v) is 5.32. The molecule has 27 heavy (non-hydrogen) atoms. The number of benzene rings is 2. The Morgan fingerprint density at radius 3 is 2.41 bits per heavy atom. The van der Waals surface area contributed by atoms with E-state index in [1.807, 2.05) is 37.3 Å². The molecular formula is C22H24ClNO3. The van der Waals surface area contributed by atoms with Gasteiger partial charge in [-0.1, -0.05) is 55.8 Å². The van der Waals surface area contributed by atoms with Crippen LogP contribution in [0.1, 0.15) is 49.3 Å². The number of para-hydroxylation sites is 1. The Morgan fingerprint density at radius 2 is 1.81 bits per heavy atom. The summed E-state index contributed by atoms with van der Waals surface area (Å²) in [6.45, 7) is 5.81. The second-order valence-corrected chi connectivity index (χ2v) is 7.84. The lowest BCUT2D eigenvalue weighted by Gasteiger charge is -2.18. The van der Waals surface area contributed by atoms with E-state index in [1.54, 1.807) is 12.1 Å². The van der Waals surface area contributed by atoms with Crippen LogP contribution in [0.3, 0.4) is 0 Å². The predicted molar refractivity (Wildman–Crippen MR) is 107 cm³/mol. The molecule has 3 rings (SSSR count). The lowest BCUT2D eigenvalue weighted by molar-refractivity contribution is -0.150. The SMILES string of the molecule is Cc1cccc(C(C)C)c1NC(=O)COC(=O)C1(c2ccc(Cl)cc2)CC1. The molecule has 1 fully saturated rings. The van der Waals surface area contributed by atoms with Crippen molar-refractivity contribution in [3.8, 4) is 0 Å². The number of aryl methyl sites for hydroxylation is 1. The quantitative estimate of drug-likeness (QED) is 0.713. The number of halogens is 1. The van der Waals surface area contributed by atoms with E-state index in [2.05, 4.69) is 19.2 Å². The summed E-state index contributed by atoms with van der Waals surface area (Å²) in [6.07, 6.45) is 1.45. The fourth-order valence-corrected chi connectivity index (χ4v) is 3.42. The van der Waals surface area contributed by atoms with Gasteiger partial charge in [-0.2, -0.15) is 0 Å². The number of ether oxygens (including phenoxy) is 1. The Kier molecular flexibility index (Phi) is 5.56. The number of nitrogens with one attached hydrogen (secondary N) is 1. The van der Waals surface area contributed by atoms with Gasteiger partial charge in [0.2, 0.25) is 0 Å². The van der Waals surface area contributed by atoms with Gasteiger partial charge in [0.15, 0.2) is 6.61 Å². The summed E-state index contributed by atoms with van der Waals surface area (Å²) in [7, 11) is 0. The van der Waals surface area contributed by atoms with Gasteiger partial charge in [0.1, 0.15) is 0 Å². The van der Waals surface area contributed by atoms with E-state index >= 15 is 0 Å². The fraction of sp³-hybridized carbons (Fsp3) is 0.364. The molecule has 0 unspecified atom stereocenters. The van der Waals surface area contributed by atoms with Gasteiger partial charge in [-0.25, -0.2) is 0 Å². The van der Waals surface area contributed by atoms with E-state index in [4.69, 9.17) is 16.3 Å². The van der Waals surface area contributed by atoms with E-state index in [0.717, 1.165) is 35.2 Å². The Hall–Kier alpha value is -2.33. The van der Waals surface area contributed by atoms with Crippen LogP contribution in [0, 0.1) is 6.92 Å². The first-order valence-corrected chi connectivity index (χ1v) is 9.54. The Morgan fingerprint density at radius 1 is 1.15 bits per heavy atom. The molecule has 1 N–H and O–H groups in total. The van der Waals surface area contributed by atoms with Crippen molar-refractivity contribution in [3.05, 3.63) is 64.2 Å². The van der Waals surface area contributed by atoms with Crippen LogP contribution in [0.25, 0.3) is 0 Å². The summed E-state index contributed by atoms with van der Waals surface area (Å²) in [5.41, 5.74) is 3.11. The van der Waals surface area contributed by atoms with Crippen molar-refractivity contribution in [2.45, 2.75) is 44.9 Å². The van der Waals surface area contributed by atoms with E-state index in [9.17, 15) is 9.59 Å². The van der Waals surface area contributed by atoms with Crippen molar-refractivity contribution in [2.75, 3.05) is 11.9 Å². The first-order valence-electron chi connectivity index (χ1n) is 9.16. The highest BCUT2D eigenvalue weighted by atomic mass is 35.5. The number of anilines is 1. The number of hydrogen-bond acceptors (Lipinski definition) is 3. The standard InChI is InChI=1S/C22H24ClNO3/c1-14(2)18-6-4-5-15(3)20(18)24-19(25)13-27-21(26)22(11-12-22)16-7-9-17(23)10-8-16/h4-10,14H,11-13H2,1-3H3,(H,24,25). The third kappa shape index (κ3) is 4.16. The van der Waals surface area contributed by atoms with E-state index in [0.29, 0.717) is 5.02 Å². The van der Waals surface area contributed by atoms with Crippen LogP contribution in [0.4, 0.5) is 5.69 Å². The van der Waals surface area contributed by atoms with Crippen LogP contribution >= 0.6 is 11.6 Å². The Bertz CT molecular complexity index is 854. The number of esters is 1. The van der Waals surface area contributed by atoms with Crippen molar-refractivity contribution in [1.82, 2.24) is 0 Å². The number of carbonyl (C=O) groups is 2. The molecule has 142 valence electrons. The lowest BCUT2D eigenvalue weighted by atomic mass is 9.96. The highest BCUT2D eigenvalue weighted by Gasteiger charge is 2.52. The van der Waals surface area contributed by atoms with E-state index < -0.39 is 5.41 Å². The number of carbonyl (C=O) groups excluding carboxylic acids is 2. The van der Waals surface area contributed by atoms with Gasteiger partial charge in [-0.3, -0.25) is 9.59 Å². The zero-order valence-corrected chi connectivity index (χ0v) is 16.6. The molecule has 1 amide bonds. The maximum absolute atomic E-state index is 12.6. The Balaban J connectivity index is 1.63. The van der Waals surface area contributed by atoms with Crippen LogP contribution in [0.2, 0.25) is 5.02 Å². The smallest absolute Gasteiger partial charge is 0.317 e. The highest BCUT2D eigenvalue weighted by Crippen LogP contribution is 2.49. The van der Waals surface area contributed by atoms with Crippen molar-refractivity contribution >= 4 is 29.2 Å². The second kappa shape index (κ2) is 7.73. The largest absolute Gasteiger partial charge is 0.455 e. The molecule has 2 aromatic rings. The van der Waals surface area contributed by atoms with Gasteiger partial charge in [-0.15, -0.1) is 0 Å².